The third-order valence-corrected chi connectivity index (χ3v) is 4.58. The van der Waals surface area contributed by atoms with Crippen molar-refractivity contribution in [3.63, 3.8) is 0 Å². The fraction of sp³-hybridized carbons (Fsp3) is 0.571. The van der Waals surface area contributed by atoms with Gasteiger partial charge < -0.3 is 19.5 Å². The van der Waals surface area contributed by atoms with Gasteiger partial charge >= 0.3 is 0 Å². The first-order chi connectivity index (χ1) is 10.5. The van der Waals surface area contributed by atoms with Crippen molar-refractivity contribution < 1.29 is 28.1 Å². The van der Waals surface area contributed by atoms with Crippen LogP contribution < -0.4 is 4.72 Å². The number of hydrogen-bond donors (Lipinski definition) is 3. The van der Waals surface area contributed by atoms with Crippen molar-refractivity contribution in [2.75, 3.05) is 19.8 Å². The molecule has 0 aliphatic carbocycles. The van der Waals surface area contributed by atoms with E-state index in [9.17, 15) is 23.4 Å². The van der Waals surface area contributed by atoms with Crippen LogP contribution in [0.25, 0.3) is 0 Å². The van der Waals surface area contributed by atoms with Gasteiger partial charge in [-0.3, -0.25) is 4.21 Å². The van der Waals surface area contributed by atoms with Gasteiger partial charge in [-0.15, -0.1) is 0 Å². The molecule has 2 rings (SSSR count). The molecule has 124 valence electrons. The summed E-state index contributed by atoms with van der Waals surface area (Å²) in [6.07, 6.45) is -0.0407. The standard InChI is InChI=1S/C14H20FNO5S/c15-12-7-11(2-1-10(12)8-16-22(19)20)14(13(18)9-17)3-5-21-6-4-14/h1-2,7,13,16-18H,3-6,8-9H2,(H,19,20)/p-1/t13-/m1/s1. The second kappa shape index (κ2) is 7.58. The van der Waals surface area contributed by atoms with Crippen LogP contribution in [0.2, 0.25) is 0 Å². The minimum Gasteiger partial charge on any atom is -0.760 e. The third-order valence-electron chi connectivity index (χ3n) is 4.20. The Hall–Kier alpha value is -0.900. The van der Waals surface area contributed by atoms with Gasteiger partial charge in [0.1, 0.15) is 5.82 Å². The lowest BCUT2D eigenvalue weighted by molar-refractivity contribution is -0.0371. The summed E-state index contributed by atoms with van der Waals surface area (Å²) in [6, 6.07) is 4.46. The van der Waals surface area contributed by atoms with E-state index in [4.69, 9.17) is 4.74 Å². The van der Waals surface area contributed by atoms with Crippen LogP contribution in [-0.2, 0) is 28.0 Å². The topological polar surface area (TPSA) is 102 Å². The zero-order valence-corrected chi connectivity index (χ0v) is 12.8. The van der Waals surface area contributed by atoms with Gasteiger partial charge in [0.05, 0.1) is 12.7 Å². The van der Waals surface area contributed by atoms with Crippen molar-refractivity contribution in [3.05, 3.63) is 35.1 Å². The number of halogens is 1. The Morgan fingerprint density at radius 3 is 2.68 bits per heavy atom. The molecule has 0 saturated carbocycles. The predicted octanol–water partition coefficient (Wildman–Crippen LogP) is 0.111. The highest BCUT2D eigenvalue weighted by Gasteiger charge is 2.41. The number of aliphatic hydroxyl groups is 2. The van der Waals surface area contributed by atoms with E-state index in [0.29, 0.717) is 31.6 Å². The molecule has 22 heavy (non-hydrogen) atoms. The van der Waals surface area contributed by atoms with Crippen molar-refractivity contribution in [2.24, 2.45) is 0 Å². The van der Waals surface area contributed by atoms with Crippen LogP contribution in [0.3, 0.4) is 0 Å². The number of aliphatic hydroxyl groups excluding tert-OH is 2. The molecule has 1 aromatic carbocycles. The zero-order valence-electron chi connectivity index (χ0n) is 12.0. The largest absolute Gasteiger partial charge is 0.760 e. The normalized spacial score (nSPS) is 20.5. The van der Waals surface area contributed by atoms with Crippen molar-refractivity contribution >= 4 is 11.3 Å². The molecule has 6 nitrogen and oxygen atoms in total. The second-order valence-corrected chi connectivity index (χ2v) is 6.09. The second-order valence-electron chi connectivity index (χ2n) is 5.33. The van der Waals surface area contributed by atoms with Crippen LogP contribution in [-0.4, -0.2) is 44.9 Å². The Balaban J connectivity index is 2.29. The van der Waals surface area contributed by atoms with Gasteiger partial charge in [-0.25, -0.2) is 9.11 Å². The average Bonchev–Trinajstić information content (AvgIpc) is 2.53. The molecule has 1 aromatic rings. The molecular weight excluding hydrogens is 313 g/mol. The summed E-state index contributed by atoms with van der Waals surface area (Å²) >= 11 is -2.46. The van der Waals surface area contributed by atoms with Crippen LogP contribution >= 0.6 is 0 Å². The van der Waals surface area contributed by atoms with Gasteiger partial charge in [0, 0.05) is 42.0 Å². The summed E-state index contributed by atoms with van der Waals surface area (Å²) in [6.45, 7) is 0.301. The monoisotopic (exact) mass is 332 g/mol. The molecule has 1 unspecified atom stereocenters. The van der Waals surface area contributed by atoms with Crippen LogP contribution in [0, 0.1) is 5.82 Å². The fourth-order valence-corrected chi connectivity index (χ4v) is 3.14. The molecule has 1 saturated heterocycles. The highest BCUT2D eigenvalue weighted by molar-refractivity contribution is 7.77. The van der Waals surface area contributed by atoms with Gasteiger partial charge in [0.25, 0.3) is 0 Å². The Morgan fingerprint density at radius 1 is 1.45 bits per heavy atom. The number of nitrogens with one attached hydrogen (secondary N) is 1. The molecule has 1 fully saturated rings. The molecule has 0 radical (unpaired) electrons. The van der Waals surface area contributed by atoms with Gasteiger partial charge in [-0.1, -0.05) is 12.1 Å². The van der Waals surface area contributed by atoms with Gasteiger partial charge in [-0.05, 0) is 24.5 Å². The van der Waals surface area contributed by atoms with Gasteiger partial charge in [0.15, 0.2) is 0 Å². The van der Waals surface area contributed by atoms with Gasteiger partial charge in [0.2, 0.25) is 0 Å². The maximum absolute atomic E-state index is 14.2. The lowest BCUT2D eigenvalue weighted by Gasteiger charge is -2.41. The van der Waals surface area contributed by atoms with E-state index < -0.39 is 35.2 Å². The summed E-state index contributed by atoms with van der Waals surface area (Å²) in [5.41, 5.74) is 0.0525. The minimum absolute atomic E-state index is 0.138. The first kappa shape index (κ1) is 17.5. The Kier molecular flexibility index (Phi) is 6.01. The van der Waals surface area contributed by atoms with Crippen molar-refractivity contribution in [3.8, 4) is 0 Å². The molecule has 1 aliphatic heterocycles. The minimum atomic E-state index is -2.46. The van der Waals surface area contributed by atoms with Gasteiger partial charge in [-0.2, -0.15) is 0 Å². The van der Waals surface area contributed by atoms with E-state index in [-0.39, 0.29) is 12.1 Å². The molecule has 0 spiro atoms. The molecule has 1 aliphatic rings. The third kappa shape index (κ3) is 3.70. The zero-order chi connectivity index (χ0) is 16.2. The van der Waals surface area contributed by atoms with E-state index in [0.717, 1.165) is 0 Å². The molecular formula is C14H19FNO5S-. The first-order valence-corrected chi connectivity index (χ1v) is 8.05. The van der Waals surface area contributed by atoms with Crippen molar-refractivity contribution in [1.82, 2.24) is 4.72 Å². The summed E-state index contributed by atoms with van der Waals surface area (Å²) in [4.78, 5) is 0. The lowest BCUT2D eigenvalue weighted by Crippen LogP contribution is -2.46. The lowest BCUT2D eigenvalue weighted by atomic mass is 9.70. The van der Waals surface area contributed by atoms with Crippen LogP contribution in [0.5, 0.6) is 0 Å². The Bertz CT molecular complexity index is 536. The number of ether oxygens (including phenoxy) is 1. The highest BCUT2D eigenvalue weighted by Crippen LogP contribution is 2.38. The number of rotatable bonds is 6. The summed E-state index contributed by atoms with van der Waals surface area (Å²) in [5, 5.41) is 19.5. The van der Waals surface area contributed by atoms with Crippen molar-refractivity contribution in [2.45, 2.75) is 30.9 Å². The maximum Gasteiger partial charge on any atom is 0.128 e. The molecule has 0 aromatic heterocycles. The number of hydrogen-bond acceptors (Lipinski definition) is 5. The fourth-order valence-electron chi connectivity index (χ4n) is 2.86. The first-order valence-electron chi connectivity index (χ1n) is 6.98. The smallest absolute Gasteiger partial charge is 0.128 e. The van der Waals surface area contributed by atoms with Crippen LogP contribution in [0.4, 0.5) is 4.39 Å². The summed E-state index contributed by atoms with van der Waals surface area (Å²) in [7, 11) is 0. The molecule has 2 atom stereocenters. The van der Waals surface area contributed by atoms with Crippen molar-refractivity contribution in [1.29, 1.82) is 0 Å². The summed E-state index contributed by atoms with van der Waals surface area (Å²) in [5.74, 6) is -0.550. The highest BCUT2D eigenvalue weighted by atomic mass is 32.2. The SMILES string of the molecule is O=S([O-])NCc1ccc(C2([C@H](O)CO)CCOCC2)cc1F. The summed E-state index contributed by atoms with van der Waals surface area (Å²) < 4.78 is 42.5. The number of benzene rings is 1. The maximum atomic E-state index is 14.2. The predicted molar refractivity (Wildman–Crippen MR) is 77.0 cm³/mol. The van der Waals surface area contributed by atoms with E-state index in [1.807, 2.05) is 0 Å². The molecule has 1 heterocycles. The van der Waals surface area contributed by atoms with Crippen LogP contribution in [0.15, 0.2) is 18.2 Å². The Morgan fingerprint density at radius 2 is 2.14 bits per heavy atom. The van der Waals surface area contributed by atoms with E-state index in [2.05, 4.69) is 4.72 Å². The quantitative estimate of drug-likeness (QED) is 0.642. The molecule has 3 N–H and O–H groups in total. The van der Waals surface area contributed by atoms with E-state index in [1.165, 1.54) is 12.1 Å². The average molecular weight is 332 g/mol. The molecule has 0 amide bonds. The van der Waals surface area contributed by atoms with Crippen LogP contribution in [0.1, 0.15) is 24.0 Å². The van der Waals surface area contributed by atoms with E-state index >= 15 is 0 Å². The Labute approximate surface area is 130 Å². The molecule has 0 bridgehead atoms. The molecule has 8 heteroatoms. The van der Waals surface area contributed by atoms with E-state index in [1.54, 1.807) is 6.07 Å².